The zero-order valence-corrected chi connectivity index (χ0v) is 9.73. The number of hydrogen-bond donors (Lipinski definition) is 0. The maximum atomic E-state index is 0. The van der Waals surface area contributed by atoms with Gasteiger partial charge in [0.2, 0.25) is 0 Å². The first-order valence-corrected chi connectivity index (χ1v) is 0. The molecule has 0 amide bonds. The van der Waals surface area contributed by atoms with Crippen LogP contribution in [0.3, 0.4) is 0 Å². The second-order valence-corrected chi connectivity index (χ2v) is 0. The van der Waals surface area contributed by atoms with Gasteiger partial charge in [-0.3, -0.25) is 0 Å². The van der Waals surface area contributed by atoms with Crippen molar-refractivity contribution in [3.63, 3.8) is 0 Å². The van der Waals surface area contributed by atoms with Crippen molar-refractivity contribution in [1.29, 1.82) is 0 Å². The third-order valence-electron chi connectivity index (χ3n) is 0. The molecule has 0 N–H and O–H groups in total. The summed E-state index contributed by atoms with van der Waals surface area (Å²) in [7, 11) is 0. The van der Waals surface area contributed by atoms with Gasteiger partial charge in [-0.25, -0.2) is 0 Å². The van der Waals surface area contributed by atoms with Gasteiger partial charge in [0.05, 0.1) is 0 Å². The van der Waals surface area contributed by atoms with Gasteiger partial charge >= 0.3 is 102 Å². The first kappa shape index (κ1) is 26.4. The summed E-state index contributed by atoms with van der Waals surface area (Å²) in [4.78, 5) is 0. The second-order valence-electron chi connectivity index (χ2n) is 0. The van der Waals surface area contributed by atoms with Crippen LogP contribution in [0.15, 0.2) is 0 Å². The van der Waals surface area contributed by atoms with Crippen molar-refractivity contribution < 1.29 is 46.8 Å². The van der Waals surface area contributed by atoms with Crippen molar-refractivity contribution in [2.45, 2.75) is 0 Å². The largest absolute Gasteiger partial charge is 3.00 e. The average molecular weight is 221 g/mol. The van der Waals surface area contributed by atoms with Gasteiger partial charge in [0.25, 0.3) is 0 Å². The molecule has 0 saturated heterocycles. The van der Waals surface area contributed by atoms with E-state index < -0.39 is 0 Å². The van der Waals surface area contributed by atoms with E-state index in [1.807, 2.05) is 0 Å². The van der Waals surface area contributed by atoms with Crippen molar-refractivity contribution in [3.05, 3.63) is 0 Å². The van der Waals surface area contributed by atoms with Crippen LogP contribution in [0, 0.1) is 41.3 Å². The van der Waals surface area contributed by atoms with Crippen LogP contribution in [0.1, 0.15) is 0 Å². The van der Waals surface area contributed by atoms with Crippen LogP contribution < -0.4 is 0 Å². The number of hydrogen-bond acceptors (Lipinski definition) is 0. The molecule has 0 spiro atoms. The minimum Gasteiger partial charge on any atom is -2.00 e. The van der Waals surface area contributed by atoms with E-state index in [0.29, 0.717) is 0 Å². The van der Waals surface area contributed by atoms with E-state index in [0.717, 1.165) is 0 Å². The van der Waals surface area contributed by atoms with E-state index in [4.69, 9.17) is 0 Å². The molecule has 0 aliphatic carbocycles. The van der Waals surface area contributed by atoms with Gasteiger partial charge in [-0.2, -0.15) is 0 Å². The fraction of sp³-hybridized carbons (Fsp3) is 0. The third kappa shape index (κ3) is 9.02. The molecule has 0 unspecified atom stereocenters. The fourth-order valence-electron chi connectivity index (χ4n) is 0. The summed E-state index contributed by atoms with van der Waals surface area (Å²) < 4.78 is 0. The Morgan fingerprint density at radius 2 is 1.00 bits per heavy atom. The zero-order valence-electron chi connectivity index (χ0n) is 2.40. The molecule has 0 aliphatic heterocycles. The SMILES string of the molecule is [Ca+2].[Mg+2].[O-2].[Pr+3]. The molecular formula is CaMgOPr+5. The Labute approximate surface area is 105 Å². The first-order valence-electron chi connectivity index (χ1n) is 0. The van der Waals surface area contributed by atoms with Gasteiger partial charge in [-0.15, -0.1) is 0 Å². The van der Waals surface area contributed by atoms with Crippen LogP contribution in [0.4, 0.5) is 0 Å². The first-order chi connectivity index (χ1) is 0. The average Bonchev–Trinajstić information content (AvgIpc) is 0. The van der Waals surface area contributed by atoms with Gasteiger partial charge in [0.1, 0.15) is 0 Å². The molecular weight excluding hydrogens is 221 g/mol. The summed E-state index contributed by atoms with van der Waals surface area (Å²) in [6.45, 7) is 0. The van der Waals surface area contributed by atoms with E-state index in [1.54, 1.807) is 0 Å². The molecule has 8 valence electrons. The molecule has 0 fully saturated rings. The van der Waals surface area contributed by atoms with Crippen molar-refractivity contribution in [2.24, 2.45) is 0 Å². The van der Waals surface area contributed by atoms with E-state index in [1.165, 1.54) is 0 Å². The maximum Gasteiger partial charge on any atom is 3.00 e. The summed E-state index contributed by atoms with van der Waals surface area (Å²) in [6, 6.07) is 0. The quantitative estimate of drug-likeness (QED) is 0.475. The Hall–Kier alpha value is 3.35. The minimum atomic E-state index is 0. The Morgan fingerprint density at radius 1 is 1.00 bits per heavy atom. The normalized spacial score (nSPS) is 0. The van der Waals surface area contributed by atoms with Crippen LogP contribution in [-0.4, -0.2) is 60.8 Å². The van der Waals surface area contributed by atoms with Crippen LogP contribution in [-0.2, 0) is 5.48 Å². The summed E-state index contributed by atoms with van der Waals surface area (Å²) >= 11 is 0. The van der Waals surface area contributed by atoms with Gasteiger partial charge in [0, 0.05) is 0 Å². The molecule has 0 rings (SSSR count). The Balaban J connectivity index is 0. The van der Waals surface area contributed by atoms with Gasteiger partial charge in [-0.1, -0.05) is 0 Å². The minimum absolute atomic E-state index is 0. The molecule has 1 nitrogen and oxygen atoms in total. The third-order valence-corrected chi connectivity index (χ3v) is 0. The van der Waals surface area contributed by atoms with Crippen LogP contribution in [0.2, 0.25) is 0 Å². The standard InChI is InChI=1S/Ca.Mg.O.Pr/q2*+2;-2;+3. The van der Waals surface area contributed by atoms with E-state index in [-0.39, 0.29) is 108 Å². The van der Waals surface area contributed by atoms with Crippen LogP contribution in [0.25, 0.3) is 0 Å². The van der Waals surface area contributed by atoms with Crippen molar-refractivity contribution in [1.82, 2.24) is 0 Å². The molecule has 0 aromatic carbocycles. The fourth-order valence-corrected chi connectivity index (χ4v) is 0. The van der Waals surface area contributed by atoms with Crippen molar-refractivity contribution in [2.75, 3.05) is 0 Å². The van der Waals surface area contributed by atoms with E-state index in [9.17, 15) is 0 Å². The van der Waals surface area contributed by atoms with Gasteiger partial charge < -0.3 is 5.48 Å². The summed E-state index contributed by atoms with van der Waals surface area (Å²) in [5.41, 5.74) is 0. The van der Waals surface area contributed by atoms with Crippen molar-refractivity contribution in [3.8, 4) is 0 Å². The molecule has 4 heavy (non-hydrogen) atoms. The predicted octanol–water partition coefficient (Wildman–Crippen LogP) is -0.880. The topological polar surface area (TPSA) is 28.5 Å². The van der Waals surface area contributed by atoms with Crippen LogP contribution in [0.5, 0.6) is 0 Å². The molecule has 0 bridgehead atoms. The molecule has 0 atom stereocenters. The Kier molecular flexibility index (Phi) is 107. The van der Waals surface area contributed by atoms with E-state index in [2.05, 4.69) is 0 Å². The van der Waals surface area contributed by atoms with Gasteiger partial charge in [0.15, 0.2) is 0 Å². The molecule has 0 aliphatic rings. The molecule has 0 radical (unpaired) electrons. The summed E-state index contributed by atoms with van der Waals surface area (Å²) in [6.07, 6.45) is 0. The molecule has 4 heteroatoms. The molecule has 0 aromatic heterocycles. The maximum absolute atomic E-state index is 0. The Bertz CT molecular complexity index is 8.00. The molecule has 0 heterocycles. The van der Waals surface area contributed by atoms with Gasteiger partial charge in [-0.05, 0) is 0 Å². The molecule has 0 saturated carbocycles. The summed E-state index contributed by atoms with van der Waals surface area (Å²) in [5, 5.41) is 0. The Morgan fingerprint density at radius 3 is 1.00 bits per heavy atom. The second kappa shape index (κ2) is 16.2. The monoisotopic (exact) mass is 221 g/mol. The number of rotatable bonds is 0. The smallest absolute Gasteiger partial charge is 2.00 e. The summed E-state index contributed by atoms with van der Waals surface area (Å²) in [5.74, 6) is 0. The van der Waals surface area contributed by atoms with Crippen LogP contribution >= 0.6 is 0 Å². The zero-order chi connectivity index (χ0) is 0. The molecule has 0 aromatic rings. The predicted molar refractivity (Wildman–Crippen MR) is 12.2 cm³/mol. The van der Waals surface area contributed by atoms with E-state index >= 15 is 0 Å². The van der Waals surface area contributed by atoms with Crippen molar-refractivity contribution >= 4 is 60.8 Å².